The Hall–Kier alpha value is -1.10. The molecule has 2 fully saturated rings. The number of rotatable bonds is 2. The number of ether oxygens (including phenoxy) is 1. The summed E-state index contributed by atoms with van der Waals surface area (Å²) in [6.45, 7) is 3.40. The van der Waals surface area contributed by atoms with Crippen molar-refractivity contribution in [1.29, 1.82) is 0 Å². The zero-order chi connectivity index (χ0) is 13.9. The van der Waals surface area contributed by atoms with Gasteiger partial charge in [0.05, 0.1) is 29.7 Å². The van der Waals surface area contributed by atoms with Crippen molar-refractivity contribution in [3.63, 3.8) is 0 Å². The normalized spacial score (nSPS) is 30.2. The van der Waals surface area contributed by atoms with Gasteiger partial charge in [0.15, 0.2) is 0 Å². The van der Waals surface area contributed by atoms with E-state index in [0.29, 0.717) is 19.3 Å². The maximum atomic E-state index is 6.28. The number of fused-ring (bicyclic) bond motifs is 1. The third-order valence-corrected chi connectivity index (χ3v) is 4.83. The minimum absolute atomic E-state index is 0.00714. The molecule has 0 bridgehead atoms. The molecule has 0 spiro atoms. The van der Waals surface area contributed by atoms with Gasteiger partial charge in [-0.15, -0.1) is 0 Å². The molecule has 2 aromatic rings. The Balaban J connectivity index is 1.96. The molecule has 0 radical (unpaired) electrons. The van der Waals surface area contributed by atoms with E-state index in [1.54, 1.807) is 0 Å². The van der Waals surface area contributed by atoms with Crippen LogP contribution in [0.3, 0.4) is 0 Å². The molecule has 2 unspecified atom stereocenters. The lowest BCUT2D eigenvalue weighted by molar-refractivity contribution is 0.177. The Kier molecular flexibility index (Phi) is 2.65. The highest BCUT2D eigenvalue weighted by molar-refractivity contribution is 6.31. The largest absolute Gasteiger partial charge is 0.379 e. The minimum atomic E-state index is -0.214. The summed E-state index contributed by atoms with van der Waals surface area (Å²) in [5.74, 6) is 1.06. The van der Waals surface area contributed by atoms with Gasteiger partial charge in [0, 0.05) is 17.1 Å². The predicted octanol–water partition coefficient (Wildman–Crippen LogP) is 2.64. The van der Waals surface area contributed by atoms with Crippen LogP contribution in [0.15, 0.2) is 18.2 Å². The summed E-state index contributed by atoms with van der Waals surface area (Å²) in [5, 5.41) is 0.724. The van der Waals surface area contributed by atoms with Gasteiger partial charge in [-0.25, -0.2) is 4.98 Å². The Morgan fingerprint density at radius 2 is 2.25 bits per heavy atom. The van der Waals surface area contributed by atoms with E-state index in [-0.39, 0.29) is 11.5 Å². The van der Waals surface area contributed by atoms with Gasteiger partial charge in [-0.3, -0.25) is 0 Å². The smallest absolute Gasteiger partial charge is 0.120 e. The number of nitrogens with zero attached hydrogens (tertiary/aromatic N) is 2. The molecule has 2 N–H and O–H groups in total. The van der Waals surface area contributed by atoms with E-state index in [1.165, 1.54) is 12.8 Å². The molecule has 4 rings (SSSR count). The average molecular weight is 292 g/mol. The van der Waals surface area contributed by atoms with Gasteiger partial charge >= 0.3 is 0 Å². The summed E-state index contributed by atoms with van der Waals surface area (Å²) in [6.07, 6.45) is 2.43. The van der Waals surface area contributed by atoms with Crippen molar-refractivity contribution < 1.29 is 4.74 Å². The van der Waals surface area contributed by atoms with Gasteiger partial charge in [-0.05, 0) is 38.0 Å². The van der Waals surface area contributed by atoms with Crippen LogP contribution in [0.4, 0.5) is 0 Å². The van der Waals surface area contributed by atoms with Gasteiger partial charge in [0.25, 0.3) is 0 Å². The molecule has 2 aliphatic rings. The van der Waals surface area contributed by atoms with Crippen LogP contribution in [0.1, 0.15) is 31.6 Å². The van der Waals surface area contributed by atoms with Gasteiger partial charge in [-0.1, -0.05) is 11.6 Å². The molecule has 2 atom stereocenters. The number of imidazole rings is 1. The molecule has 1 aliphatic carbocycles. The third-order valence-electron chi connectivity index (χ3n) is 4.59. The summed E-state index contributed by atoms with van der Waals surface area (Å²) in [7, 11) is 0. The Morgan fingerprint density at radius 1 is 1.45 bits per heavy atom. The summed E-state index contributed by atoms with van der Waals surface area (Å²) in [6, 6.07) is 6.48. The van der Waals surface area contributed by atoms with E-state index in [9.17, 15) is 0 Å². The molecule has 1 aliphatic heterocycles. The van der Waals surface area contributed by atoms with Crippen LogP contribution in [0.2, 0.25) is 5.02 Å². The second-order valence-electron chi connectivity index (χ2n) is 6.21. The Labute approximate surface area is 122 Å². The van der Waals surface area contributed by atoms with E-state index in [2.05, 4.69) is 17.6 Å². The second kappa shape index (κ2) is 4.20. The van der Waals surface area contributed by atoms with Gasteiger partial charge in [-0.2, -0.15) is 0 Å². The molecule has 0 amide bonds. The molecule has 1 saturated heterocycles. The summed E-state index contributed by atoms with van der Waals surface area (Å²) >= 11 is 6.10. The van der Waals surface area contributed by atoms with Crippen LogP contribution < -0.4 is 5.73 Å². The first kappa shape index (κ1) is 12.6. The molecular weight excluding hydrogens is 274 g/mol. The first-order chi connectivity index (χ1) is 9.59. The fourth-order valence-electron chi connectivity index (χ4n) is 3.10. The van der Waals surface area contributed by atoms with E-state index in [0.717, 1.165) is 21.9 Å². The summed E-state index contributed by atoms with van der Waals surface area (Å²) in [5.41, 5.74) is 8.19. The number of hydrogen-bond donors (Lipinski definition) is 1. The van der Waals surface area contributed by atoms with Crippen LogP contribution in [0.25, 0.3) is 11.0 Å². The SMILES string of the molecule is CC1(c2nc3cc(Cl)ccc3n2C2CC2)COCC1N. The Bertz CT molecular complexity index is 679. The number of aromatic nitrogens is 2. The van der Waals surface area contributed by atoms with Crippen LogP contribution in [0, 0.1) is 0 Å². The van der Waals surface area contributed by atoms with Crippen molar-refractivity contribution in [1.82, 2.24) is 9.55 Å². The topological polar surface area (TPSA) is 53.1 Å². The molecular formula is C15H18ClN3O. The highest BCUT2D eigenvalue weighted by atomic mass is 35.5. The second-order valence-corrected chi connectivity index (χ2v) is 6.65. The van der Waals surface area contributed by atoms with E-state index < -0.39 is 0 Å². The maximum Gasteiger partial charge on any atom is 0.120 e. The van der Waals surface area contributed by atoms with Crippen LogP contribution in [0.5, 0.6) is 0 Å². The summed E-state index contributed by atoms with van der Waals surface area (Å²) in [4.78, 5) is 4.86. The van der Waals surface area contributed by atoms with Crippen molar-refractivity contribution in [2.45, 2.75) is 37.3 Å². The first-order valence-corrected chi connectivity index (χ1v) is 7.49. The predicted molar refractivity (Wildman–Crippen MR) is 79.2 cm³/mol. The zero-order valence-corrected chi connectivity index (χ0v) is 12.2. The van der Waals surface area contributed by atoms with E-state index in [1.807, 2.05) is 12.1 Å². The lowest BCUT2D eigenvalue weighted by Crippen LogP contribution is -2.43. The van der Waals surface area contributed by atoms with E-state index >= 15 is 0 Å². The molecule has 1 aromatic heterocycles. The monoisotopic (exact) mass is 291 g/mol. The summed E-state index contributed by atoms with van der Waals surface area (Å²) < 4.78 is 7.96. The van der Waals surface area contributed by atoms with Gasteiger partial charge < -0.3 is 15.0 Å². The fourth-order valence-corrected chi connectivity index (χ4v) is 3.26. The molecule has 5 heteroatoms. The highest BCUT2D eigenvalue weighted by Crippen LogP contribution is 2.43. The van der Waals surface area contributed by atoms with Crippen LogP contribution >= 0.6 is 11.6 Å². The van der Waals surface area contributed by atoms with Crippen LogP contribution in [-0.2, 0) is 10.2 Å². The molecule has 1 aromatic carbocycles. The lowest BCUT2D eigenvalue weighted by atomic mass is 9.85. The number of benzene rings is 1. The zero-order valence-electron chi connectivity index (χ0n) is 11.5. The number of nitrogens with two attached hydrogens (primary N) is 1. The molecule has 106 valence electrons. The quantitative estimate of drug-likeness (QED) is 0.925. The molecule has 1 saturated carbocycles. The Morgan fingerprint density at radius 3 is 2.90 bits per heavy atom. The maximum absolute atomic E-state index is 6.28. The highest BCUT2D eigenvalue weighted by Gasteiger charge is 2.45. The van der Waals surface area contributed by atoms with Crippen molar-refractivity contribution in [2.24, 2.45) is 5.73 Å². The van der Waals surface area contributed by atoms with E-state index in [4.69, 9.17) is 27.1 Å². The van der Waals surface area contributed by atoms with Crippen LogP contribution in [-0.4, -0.2) is 28.8 Å². The van der Waals surface area contributed by atoms with Crippen molar-refractivity contribution in [3.8, 4) is 0 Å². The van der Waals surface area contributed by atoms with Crippen molar-refractivity contribution in [3.05, 3.63) is 29.0 Å². The third kappa shape index (κ3) is 1.72. The van der Waals surface area contributed by atoms with Crippen molar-refractivity contribution >= 4 is 22.6 Å². The number of halogens is 1. The average Bonchev–Trinajstić information content (AvgIpc) is 3.10. The first-order valence-electron chi connectivity index (χ1n) is 7.11. The van der Waals surface area contributed by atoms with Crippen molar-refractivity contribution in [2.75, 3.05) is 13.2 Å². The lowest BCUT2D eigenvalue weighted by Gasteiger charge is -2.27. The minimum Gasteiger partial charge on any atom is -0.379 e. The van der Waals surface area contributed by atoms with Gasteiger partial charge in [0.1, 0.15) is 5.82 Å². The molecule has 20 heavy (non-hydrogen) atoms. The number of hydrogen-bond acceptors (Lipinski definition) is 3. The fraction of sp³-hybridized carbons (Fsp3) is 0.533. The standard InChI is InChI=1S/C15H18ClN3O/c1-15(8-20-7-13(15)17)14-18-11-6-9(16)2-5-12(11)19(14)10-3-4-10/h2,5-6,10,13H,3-4,7-8,17H2,1H3. The molecule has 4 nitrogen and oxygen atoms in total. The molecule has 2 heterocycles. The van der Waals surface area contributed by atoms with Gasteiger partial charge in [0.2, 0.25) is 0 Å².